The number of hydrogen-bond acceptors (Lipinski definition) is 3. The zero-order valence-corrected chi connectivity index (χ0v) is 15.3. The Bertz CT molecular complexity index is 757. The van der Waals surface area contributed by atoms with Gasteiger partial charge in [-0.15, -0.1) is 11.8 Å². The van der Waals surface area contributed by atoms with Crippen molar-refractivity contribution < 1.29 is 9.53 Å². The summed E-state index contributed by atoms with van der Waals surface area (Å²) in [6.45, 7) is 0.638. The quantitative estimate of drug-likeness (QED) is 0.784. The Kier molecular flexibility index (Phi) is 5.43. The van der Waals surface area contributed by atoms with Gasteiger partial charge in [0.15, 0.2) is 0 Å². The molecule has 0 bridgehead atoms. The third kappa shape index (κ3) is 3.43. The van der Waals surface area contributed by atoms with Gasteiger partial charge in [0, 0.05) is 17.9 Å². The summed E-state index contributed by atoms with van der Waals surface area (Å²) in [5.41, 5.74) is 1.49. The summed E-state index contributed by atoms with van der Waals surface area (Å²) in [5, 5.41) is 3.74. The smallest absolute Gasteiger partial charge is 0.323 e. The molecule has 7 heteroatoms. The Morgan fingerprint density at radius 1 is 1.25 bits per heavy atom. The van der Waals surface area contributed by atoms with Crippen LogP contribution in [0, 0.1) is 0 Å². The first-order valence-electron chi connectivity index (χ1n) is 7.38. The summed E-state index contributed by atoms with van der Waals surface area (Å²) < 4.78 is 5.28. The monoisotopic (exact) mass is 382 g/mol. The molecule has 2 amide bonds. The summed E-state index contributed by atoms with van der Waals surface area (Å²) >= 11 is 14.1. The molecule has 3 rings (SSSR count). The molecule has 2 aromatic carbocycles. The molecule has 1 heterocycles. The molecule has 2 aromatic rings. The first-order valence-corrected chi connectivity index (χ1v) is 9.18. The lowest BCUT2D eigenvalue weighted by Gasteiger charge is -2.25. The van der Waals surface area contributed by atoms with E-state index in [0.717, 1.165) is 11.3 Å². The number of amides is 2. The predicted molar refractivity (Wildman–Crippen MR) is 100 cm³/mol. The molecule has 1 fully saturated rings. The Labute approximate surface area is 155 Å². The maximum atomic E-state index is 12.7. The minimum absolute atomic E-state index is 0.161. The number of thioether (sulfide) groups is 1. The van der Waals surface area contributed by atoms with Crippen LogP contribution in [0.25, 0.3) is 0 Å². The average molecular weight is 383 g/mol. The lowest BCUT2D eigenvalue weighted by molar-refractivity contribution is 0.214. The van der Waals surface area contributed by atoms with Gasteiger partial charge < -0.3 is 15.0 Å². The van der Waals surface area contributed by atoms with E-state index < -0.39 is 0 Å². The molecule has 4 nitrogen and oxygen atoms in total. The van der Waals surface area contributed by atoms with E-state index in [4.69, 9.17) is 27.9 Å². The Hall–Kier alpha value is -1.56. The lowest BCUT2D eigenvalue weighted by atomic mass is 10.2. The number of carbonyl (C=O) groups is 1. The fraction of sp³-hybridized carbons (Fsp3) is 0.235. The van der Waals surface area contributed by atoms with E-state index in [2.05, 4.69) is 5.32 Å². The lowest BCUT2D eigenvalue weighted by Crippen LogP contribution is -2.34. The van der Waals surface area contributed by atoms with Gasteiger partial charge >= 0.3 is 6.03 Å². The van der Waals surface area contributed by atoms with E-state index >= 15 is 0 Å². The number of carbonyl (C=O) groups excluding carboxylic acids is 1. The minimum atomic E-state index is -0.189. The van der Waals surface area contributed by atoms with Crippen LogP contribution in [0.15, 0.2) is 42.5 Å². The van der Waals surface area contributed by atoms with Crippen molar-refractivity contribution in [2.24, 2.45) is 0 Å². The van der Waals surface area contributed by atoms with E-state index in [1.165, 1.54) is 0 Å². The minimum Gasteiger partial charge on any atom is -0.495 e. The molecule has 1 aliphatic rings. The highest BCUT2D eigenvalue weighted by Crippen LogP contribution is 2.43. The van der Waals surface area contributed by atoms with Crippen LogP contribution in [0.4, 0.5) is 10.5 Å². The molecule has 0 spiro atoms. The van der Waals surface area contributed by atoms with Crippen LogP contribution in [-0.2, 0) is 0 Å². The van der Waals surface area contributed by atoms with Crippen LogP contribution in [0.1, 0.15) is 10.9 Å². The van der Waals surface area contributed by atoms with E-state index in [1.807, 2.05) is 24.3 Å². The summed E-state index contributed by atoms with van der Waals surface area (Å²) in [6, 6.07) is 12.6. The van der Waals surface area contributed by atoms with Crippen molar-refractivity contribution in [3.8, 4) is 5.75 Å². The molecular formula is C17H16Cl2N2O2S. The first kappa shape index (κ1) is 17.3. The van der Waals surface area contributed by atoms with Gasteiger partial charge in [-0.1, -0.05) is 47.5 Å². The van der Waals surface area contributed by atoms with Crippen LogP contribution in [0.5, 0.6) is 5.75 Å². The van der Waals surface area contributed by atoms with Gasteiger partial charge in [0.25, 0.3) is 0 Å². The molecular weight excluding hydrogens is 367 g/mol. The topological polar surface area (TPSA) is 41.6 Å². The zero-order valence-electron chi connectivity index (χ0n) is 13.0. The largest absolute Gasteiger partial charge is 0.495 e. The molecule has 1 N–H and O–H groups in total. The highest BCUT2D eigenvalue weighted by Gasteiger charge is 2.32. The van der Waals surface area contributed by atoms with Crippen molar-refractivity contribution >= 4 is 46.7 Å². The van der Waals surface area contributed by atoms with E-state index in [-0.39, 0.29) is 11.4 Å². The summed E-state index contributed by atoms with van der Waals surface area (Å²) in [5.74, 6) is 1.46. The van der Waals surface area contributed by atoms with E-state index in [0.29, 0.717) is 28.0 Å². The average Bonchev–Trinajstić information content (AvgIpc) is 3.07. The third-order valence-electron chi connectivity index (χ3n) is 3.75. The van der Waals surface area contributed by atoms with Crippen LogP contribution in [-0.4, -0.2) is 30.3 Å². The van der Waals surface area contributed by atoms with E-state index in [1.54, 1.807) is 42.0 Å². The van der Waals surface area contributed by atoms with Gasteiger partial charge in [0.05, 0.1) is 22.8 Å². The molecule has 1 aliphatic heterocycles. The SMILES string of the molecule is COc1ccccc1NC(=O)N1CCS[C@@H]1c1cccc(Cl)c1Cl. The van der Waals surface area contributed by atoms with Crippen molar-refractivity contribution in [1.82, 2.24) is 4.90 Å². The fourth-order valence-corrected chi connectivity index (χ4v) is 4.34. The second-order valence-electron chi connectivity index (χ2n) is 5.19. The van der Waals surface area contributed by atoms with Gasteiger partial charge in [-0.3, -0.25) is 0 Å². The molecule has 24 heavy (non-hydrogen) atoms. The summed E-state index contributed by atoms with van der Waals surface area (Å²) in [7, 11) is 1.57. The predicted octanol–water partition coefficient (Wildman–Crippen LogP) is 5.28. The highest BCUT2D eigenvalue weighted by atomic mass is 35.5. The number of nitrogens with zero attached hydrogens (tertiary/aromatic N) is 1. The Morgan fingerprint density at radius 2 is 2.04 bits per heavy atom. The molecule has 0 radical (unpaired) electrons. The number of nitrogens with one attached hydrogen (secondary N) is 1. The van der Waals surface area contributed by atoms with Crippen LogP contribution < -0.4 is 10.1 Å². The van der Waals surface area contributed by atoms with Crippen LogP contribution >= 0.6 is 35.0 Å². The molecule has 0 aliphatic carbocycles. The number of rotatable bonds is 3. The maximum Gasteiger partial charge on any atom is 0.323 e. The standard InChI is InChI=1S/C17H16Cl2N2O2S/c1-23-14-8-3-2-7-13(14)20-17(22)21-9-10-24-16(21)11-5-4-6-12(18)15(11)19/h2-8,16H,9-10H2,1H3,(H,20,22)/t16-/m1/s1. The number of urea groups is 1. The molecule has 1 atom stereocenters. The molecule has 0 saturated carbocycles. The van der Waals surface area contributed by atoms with Gasteiger partial charge in [-0.25, -0.2) is 4.79 Å². The number of anilines is 1. The van der Waals surface area contributed by atoms with Crippen LogP contribution in [0.3, 0.4) is 0 Å². The maximum absolute atomic E-state index is 12.7. The third-order valence-corrected chi connectivity index (χ3v) is 5.82. The van der Waals surface area contributed by atoms with Gasteiger partial charge in [0.2, 0.25) is 0 Å². The number of halogens is 2. The number of benzene rings is 2. The van der Waals surface area contributed by atoms with Gasteiger partial charge in [-0.05, 0) is 18.2 Å². The zero-order chi connectivity index (χ0) is 17.1. The van der Waals surface area contributed by atoms with Crippen molar-refractivity contribution in [3.63, 3.8) is 0 Å². The first-order chi connectivity index (χ1) is 11.6. The van der Waals surface area contributed by atoms with Crippen molar-refractivity contribution in [3.05, 3.63) is 58.1 Å². The van der Waals surface area contributed by atoms with Crippen LogP contribution in [0.2, 0.25) is 10.0 Å². The van der Waals surface area contributed by atoms with Gasteiger partial charge in [0.1, 0.15) is 11.1 Å². The molecule has 1 saturated heterocycles. The Morgan fingerprint density at radius 3 is 2.83 bits per heavy atom. The fourth-order valence-electron chi connectivity index (χ4n) is 2.58. The van der Waals surface area contributed by atoms with Crippen molar-refractivity contribution in [2.45, 2.75) is 5.37 Å². The molecule has 126 valence electrons. The normalized spacial score (nSPS) is 17.0. The van der Waals surface area contributed by atoms with Crippen molar-refractivity contribution in [2.75, 3.05) is 24.7 Å². The second kappa shape index (κ2) is 7.55. The highest BCUT2D eigenvalue weighted by molar-refractivity contribution is 7.99. The Balaban J connectivity index is 1.82. The number of para-hydroxylation sites is 2. The number of hydrogen-bond donors (Lipinski definition) is 1. The van der Waals surface area contributed by atoms with Crippen molar-refractivity contribution in [1.29, 1.82) is 0 Å². The summed E-state index contributed by atoms with van der Waals surface area (Å²) in [4.78, 5) is 14.5. The summed E-state index contributed by atoms with van der Waals surface area (Å²) in [6.07, 6.45) is 0. The number of ether oxygens (including phenoxy) is 1. The van der Waals surface area contributed by atoms with E-state index in [9.17, 15) is 4.79 Å². The van der Waals surface area contributed by atoms with Gasteiger partial charge in [-0.2, -0.15) is 0 Å². The molecule has 0 unspecified atom stereocenters. The second-order valence-corrected chi connectivity index (χ2v) is 7.16. The number of methoxy groups -OCH3 is 1. The molecule has 0 aromatic heterocycles.